The molecule has 0 bridgehead atoms. The molecule has 2 N–H and O–H groups in total. The molecule has 0 aliphatic carbocycles. The third-order valence-electron chi connectivity index (χ3n) is 5.54. The molecule has 36 heavy (non-hydrogen) atoms. The number of carbonyl (C=O) groups is 1. The number of hydrogen-bond donors (Lipinski definition) is 2. The summed E-state index contributed by atoms with van der Waals surface area (Å²) >= 11 is 6.00. The summed E-state index contributed by atoms with van der Waals surface area (Å²) in [4.78, 5) is 12.9. The largest absolute Gasteiger partial charge is 0.476 e. The van der Waals surface area contributed by atoms with Crippen LogP contribution in [0, 0.1) is 13.8 Å². The second-order valence-electron chi connectivity index (χ2n) is 8.45. The van der Waals surface area contributed by atoms with Crippen molar-refractivity contribution in [3.05, 3.63) is 76.8 Å². The Morgan fingerprint density at radius 2 is 1.69 bits per heavy atom. The van der Waals surface area contributed by atoms with Gasteiger partial charge in [0.15, 0.2) is 6.10 Å². The van der Waals surface area contributed by atoms with Crippen LogP contribution in [0.4, 0.5) is 17.1 Å². The van der Waals surface area contributed by atoms with Crippen LogP contribution in [0.2, 0.25) is 5.02 Å². The highest BCUT2D eigenvalue weighted by molar-refractivity contribution is 7.92. The Bertz CT molecular complexity index is 1540. The van der Waals surface area contributed by atoms with Gasteiger partial charge < -0.3 is 10.1 Å². The van der Waals surface area contributed by atoms with E-state index in [4.69, 9.17) is 16.3 Å². The number of anilines is 3. The van der Waals surface area contributed by atoms with Gasteiger partial charge in [-0.15, -0.1) is 0 Å². The van der Waals surface area contributed by atoms with Gasteiger partial charge in [-0.25, -0.2) is 16.8 Å². The average Bonchev–Trinajstić information content (AvgIpc) is 2.80. The minimum absolute atomic E-state index is 0.0171. The first-order chi connectivity index (χ1) is 16.8. The molecule has 0 fully saturated rings. The molecule has 1 amide bonds. The van der Waals surface area contributed by atoms with Gasteiger partial charge in [-0.3, -0.25) is 13.8 Å². The summed E-state index contributed by atoms with van der Waals surface area (Å²) in [5.74, 6) is -0.386. The SMILES string of the molecule is Cc1ccc(NS(=O)(=O)c2ccc(NC(=O)[C@H]3CN(S(C)(=O)=O)c4cc(Cl)ccc4O3)cc2)c(C)c1. The van der Waals surface area contributed by atoms with Crippen LogP contribution in [0.25, 0.3) is 0 Å². The average molecular weight is 550 g/mol. The number of benzene rings is 3. The molecule has 3 aromatic carbocycles. The van der Waals surface area contributed by atoms with Crippen LogP contribution in [-0.4, -0.2) is 41.6 Å². The predicted octanol–water partition coefficient (Wildman–Crippen LogP) is 3.92. The highest BCUT2D eigenvalue weighted by atomic mass is 35.5. The summed E-state index contributed by atoms with van der Waals surface area (Å²) < 4.78 is 59.6. The fourth-order valence-electron chi connectivity index (χ4n) is 3.75. The lowest BCUT2D eigenvalue weighted by Crippen LogP contribution is -2.48. The summed E-state index contributed by atoms with van der Waals surface area (Å²) in [5.41, 5.74) is 2.86. The fourth-order valence-corrected chi connectivity index (χ4v) is 5.95. The standard InChI is InChI=1S/C24H24ClN3O6S2/c1-15-4-10-20(16(2)12-15)27-36(32,33)19-8-6-18(7-9-19)26-24(29)23-14-28(35(3,30)31)21-13-17(25)5-11-22(21)34-23/h4-13,23,27H,14H2,1-3H3,(H,26,29)/t23-/m1/s1. The Labute approximate surface area is 215 Å². The lowest BCUT2D eigenvalue weighted by atomic mass is 10.1. The predicted molar refractivity (Wildman–Crippen MR) is 140 cm³/mol. The van der Waals surface area contributed by atoms with E-state index in [0.717, 1.165) is 21.7 Å². The van der Waals surface area contributed by atoms with Gasteiger partial charge in [-0.05, 0) is 67.9 Å². The fraction of sp³-hybridized carbons (Fsp3) is 0.208. The van der Waals surface area contributed by atoms with Crippen molar-refractivity contribution in [3.8, 4) is 5.75 Å². The number of halogens is 1. The molecule has 3 aromatic rings. The summed E-state index contributed by atoms with van der Waals surface area (Å²) in [7, 11) is -7.55. The first-order valence-corrected chi connectivity index (χ1v) is 14.5. The molecule has 0 radical (unpaired) electrons. The van der Waals surface area contributed by atoms with E-state index in [0.29, 0.717) is 16.4 Å². The number of carbonyl (C=O) groups excluding carboxylic acids is 1. The summed E-state index contributed by atoms with van der Waals surface area (Å²) in [5, 5.41) is 2.97. The van der Waals surface area contributed by atoms with Gasteiger partial charge in [0, 0.05) is 10.7 Å². The number of hydrogen-bond acceptors (Lipinski definition) is 6. The molecule has 1 aliphatic heterocycles. The Morgan fingerprint density at radius 1 is 1.00 bits per heavy atom. The second-order valence-corrected chi connectivity index (χ2v) is 12.5. The number of fused-ring (bicyclic) bond motifs is 1. The number of sulfonamides is 2. The van der Waals surface area contributed by atoms with Crippen LogP contribution >= 0.6 is 11.6 Å². The Hall–Kier alpha value is -3.28. The smallest absolute Gasteiger partial charge is 0.267 e. The number of nitrogens with zero attached hydrogens (tertiary/aromatic N) is 1. The molecule has 1 heterocycles. The molecule has 4 rings (SSSR count). The maximum atomic E-state index is 12.9. The number of amides is 1. The molecular weight excluding hydrogens is 526 g/mol. The van der Waals surface area contributed by atoms with Gasteiger partial charge >= 0.3 is 0 Å². The van der Waals surface area contributed by atoms with Crippen LogP contribution in [0.15, 0.2) is 65.6 Å². The van der Waals surface area contributed by atoms with Crippen molar-refractivity contribution < 1.29 is 26.4 Å². The second kappa shape index (κ2) is 9.64. The third kappa shape index (κ3) is 5.58. The first kappa shape index (κ1) is 25.8. The Kier molecular flexibility index (Phi) is 6.91. The first-order valence-electron chi connectivity index (χ1n) is 10.8. The molecule has 190 valence electrons. The normalized spacial score (nSPS) is 15.6. The lowest BCUT2D eigenvalue weighted by Gasteiger charge is -2.34. The molecule has 0 aromatic heterocycles. The van der Waals surface area contributed by atoms with Crippen molar-refractivity contribution in [2.45, 2.75) is 24.8 Å². The molecule has 12 heteroatoms. The molecule has 1 atom stereocenters. The van der Waals surface area contributed by atoms with Gasteiger partial charge in [0.25, 0.3) is 15.9 Å². The molecule has 9 nitrogen and oxygen atoms in total. The summed E-state index contributed by atoms with van der Waals surface area (Å²) in [6.45, 7) is 3.49. The molecule has 1 aliphatic rings. The van der Waals surface area contributed by atoms with Crippen LogP contribution < -0.4 is 19.1 Å². The zero-order valence-corrected chi connectivity index (χ0v) is 22.0. The van der Waals surface area contributed by atoms with Crippen molar-refractivity contribution in [3.63, 3.8) is 0 Å². The maximum Gasteiger partial charge on any atom is 0.267 e. The van der Waals surface area contributed by atoms with Gasteiger partial charge in [-0.2, -0.15) is 0 Å². The Balaban J connectivity index is 1.49. The number of ether oxygens (including phenoxy) is 1. The van der Waals surface area contributed by atoms with E-state index in [9.17, 15) is 21.6 Å². The minimum Gasteiger partial charge on any atom is -0.476 e. The van der Waals surface area contributed by atoms with Crippen molar-refractivity contribution in [2.75, 3.05) is 27.1 Å². The van der Waals surface area contributed by atoms with Crippen LogP contribution in [0.5, 0.6) is 5.75 Å². The van der Waals surface area contributed by atoms with E-state index >= 15 is 0 Å². The van der Waals surface area contributed by atoms with E-state index < -0.39 is 32.1 Å². The van der Waals surface area contributed by atoms with Gasteiger partial charge in [0.1, 0.15) is 5.75 Å². The van der Waals surface area contributed by atoms with Gasteiger partial charge in [-0.1, -0.05) is 29.3 Å². The van der Waals surface area contributed by atoms with E-state index in [1.54, 1.807) is 6.07 Å². The van der Waals surface area contributed by atoms with Crippen LogP contribution in [0.3, 0.4) is 0 Å². The van der Waals surface area contributed by atoms with E-state index in [2.05, 4.69) is 10.0 Å². The highest BCUT2D eigenvalue weighted by Gasteiger charge is 2.35. The molecule has 0 spiro atoms. The zero-order chi connectivity index (χ0) is 26.3. The number of aryl methyl sites for hydroxylation is 2. The van der Waals surface area contributed by atoms with Gasteiger partial charge in [0.2, 0.25) is 10.0 Å². The monoisotopic (exact) mass is 549 g/mol. The highest BCUT2D eigenvalue weighted by Crippen LogP contribution is 2.37. The molecule has 0 saturated carbocycles. The van der Waals surface area contributed by atoms with Crippen LogP contribution in [0.1, 0.15) is 11.1 Å². The minimum atomic E-state index is -3.85. The topological polar surface area (TPSA) is 122 Å². The van der Waals surface area contributed by atoms with Crippen molar-refractivity contribution >= 4 is 54.6 Å². The van der Waals surface area contributed by atoms with E-state index in [1.807, 2.05) is 26.0 Å². The van der Waals surface area contributed by atoms with Crippen molar-refractivity contribution in [1.29, 1.82) is 0 Å². The zero-order valence-electron chi connectivity index (χ0n) is 19.6. The van der Waals surface area contributed by atoms with Gasteiger partial charge in [0.05, 0.1) is 29.1 Å². The van der Waals surface area contributed by atoms with Crippen molar-refractivity contribution in [2.24, 2.45) is 0 Å². The number of rotatable bonds is 6. The lowest BCUT2D eigenvalue weighted by molar-refractivity contribution is -0.122. The summed E-state index contributed by atoms with van der Waals surface area (Å²) in [6.07, 6.45) is -0.105. The maximum absolute atomic E-state index is 12.9. The third-order valence-corrected chi connectivity index (χ3v) is 8.30. The molecule has 0 saturated heterocycles. The van der Waals surface area contributed by atoms with Crippen LogP contribution in [-0.2, 0) is 24.8 Å². The molecular formula is C24H24ClN3O6S2. The van der Waals surface area contributed by atoms with Crippen molar-refractivity contribution in [1.82, 2.24) is 0 Å². The Morgan fingerprint density at radius 3 is 2.33 bits per heavy atom. The van der Waals surface area contributed by atoms with E-state index in [-0.39, 0.29) is 22.9 Å². The quantitative estimate of drug-likeness (QED) is 0.480. The molecule has 0 unspecified atom stereocenters. The van der Waals surface area contributed by atoms with E-state index in [1.165, 1.54) is 42.5 Å². The summed E-state index contributed by atoms with van der Waals surface area (Å²) in [6, 6.07) is 15.5. The number of nitrogens with one attached hydrogen (secondary N) is 2.